The number of halogens is 1. The molecule has 0 saturated carbocycles. The van der Waals surface area contributed by atoms with Crippen LogP contribution in [-0.2, 0) is 14.3 Å². The Hall–Kier alpha value is -1.50. The van der Waals surface area contributed by atoms with Crippen LogP contribution >= 0.6 is 0 Å². The van der Waals surface area contributed by atoms with Gasteiger partial charge in [-0.3, -0.25) is 4.79 Å². The van der Waals surface area contributed by atoms with Crippen LogP contribution in [0.3, 0.4) is 0 Å². The minimum Gasteiger partial charge on any atom is -0.381 e. The van der Waals surface area contributed by atoms with E-state index in [2.05, 4.69) is 5.32 Å². The van der Waals surface area contributed by atoms with Crippen LogP contribution in [0.1, 0.15) is 12.8 Å². The molecular weight excluding hydrogens is 263 g/mol. The summed E-state index contributed by atoms with van der Waals surface area (Å²) in [5, 5.41) is 2.59. The average Bonchev–Trinajstić information content (AvgIpc) is 2.46. The highest BCUT2D eigenvalue weighted by Gasteiger charge is 2.32. The van der Waals surface area contributed by atoms with E-state index in [1.807, 2.05) is 0 Å². The Balaban J connectivity index is 1.85. The quantitative estimate of drug-likeness (QED) is 0.853. The number of carbonyl (C=O) groups is 1. The number of rotatable bonds is 5. The zero-order valence-electron chi connectivity index (χ0n) is 11.2. The van der Waals surface area contributed by atoms with Gasteiger partial charge in [-0.2, -0.15) is 0 Å². The number of ether oxygens (including phenoxy) is 2. The predicted octanol–water partition coefficient (Wildman–Crippen LogP) is 1.29. The smallest absolute Gasteiger partial charge is 0.250 e. The molecule has 0 atom stereocenters. The van der Waals surface area contributed by atoms with E-state index >= 15 is 0 Å². The van der Waals surface area contributed by atoms with Crippen molar-refractivity contribution in [2.24, 2.45) is 5.73 Å². The summed E-state index contributed by atoms with van der Waals surface area (Å²) in [5.74, 6) is -0.721. The first kappa shape index (κ1) is 14.9. The van der Waals surface area contributed by atoms with Crippen LogP contribution in [0.25, 0.3) is 0 Å². The molecule has 3 N–H and O–H groups in total. The minimum absolute atomic E-state index is 0.103. The number of carbonyl (C=O) groups excluding carboxylic acids is 1. The first-order chi connectivity index (χ1) is 9.63. The molecule has 1 fully saturated rings. The van der Waals surface area contributed by atoms with Crippen molar-refractivity contribution in [3.8, 4) is 0 Å². The number of anilines is 1. The molecule has 2 rings (SSSR count). The van der Waals surface area contributed by atoms with Crippen LogP contribution < -0.4 is 11.1 Å². The molecule has 1 heterocycles. The maximum absolute atomic E-state index is 13.0. The molecule has 1 saturated heterocycles. The fourth-order valence-corrected chi connectivity index (χ4v) is 2.13. The third-order valence-electron chi connectivity index (χ3n) is 3.39. The summed E-state index contributed by atoms with van der Waals surface area (Å²) in [4.78, 5) is 11.8. The third-order valence-corrected chi connectivity index (χ3v) is 3.39. The second-order valence-corrected chi connectivity index (χ2v) is 4.85. The van der Waals surface area contributed by atoms with Gasteiger partial charge in [-0.1, -0.05) is 6.07 Å². The minimum atomic E-state index is -0.489. The largest absolute Gasteiger partial charge is 0.381 e. The monoisotopic (exact) mass is 282 g/mol. The Bertz CT molecular complexity index is 461. The summed E-state index contributed by atoms with van der Waals surface area (Å²) in [7, 11) is 0. The van der Waals surface area contributed by atoms with Gasteiger partial charge in [-0.15, -0.1) is 0 Å². The van der Waals surface area contributed by atoms with Crippen LogP contribution in [0.5, 0.6) is 0 Å². The molecular formula is C14H19FN2O3. The molecule has 1 aliphatic heterocycles. The third kappa shape index (κ3) is 4.00. The second-order valence-electron chi connectivity index (χ2n) is 4.85. The lowest BCUT2D eigenvalue weighted by molar-refractivity contribution is -0.137. The molecule has 1 aromatic carbocycles. The summed E-state index contributed by atoms with van der Waals surface area (Å²) in [6.07, 6.45) is 1.35. The van der Waals surface area contributed by atoms with Crippen LogP contribution in [0.2, 0.25) is 0 Å². The van der Waals surface area contributed by atoms with E-state index in [1.165, 1.54) is 18.2 Å². The number of nitrogens with two attached hydrogens (primary N) is 1. The van der Waals surface area contributed by atoms with Gasteiger partial charge in [-0.05, 0) is 18.2 Å². The van der Waals surface area contributed by atoms with Gasteiger partial charge in [-0.25, -0.2) is 4.39 Å². The molecule has 0 radical (unpaired) electrons. The van der Waals surface area contributed by atoms with E-state index in [4.69, 9.17) is 15.2 Å². The summed E-state index contributed by atoms with van der Waals surface area (Å²) >= 11 is 0. The molecule has 6 heteroatoms. The van der Waals surface area contributed by atoms with Gasteiger partial charge in [0.2, 0.25) is 5.91 Å². The summed E-state index contributed by atoms with van der Waals surface area (Å²) in [6, 6.07) is 5.72. The predicted molar refractivity (Wildman–Crippen MR) is 72.8 cm³/mol. The molecule has 0 spiro atoms. The second kappa shape index (κ2) is 6.78. The normalized spacial score (nSPS) is 17.7. The molecule has 0 aromatic heterocycles. The SMILES string of the molecule is NCC1(OCC(=O)Nc2cccc(F)c2)CCOCC1. The van der Waals surface area contributed by atoms with Crippen molar-refractivity contribution in [1.29, 1.82) is 0 Å². The van der Waals surface area contributed by atoms with Gasteiger partial charge in [0.15, 0.2) is 0 Å². The van der Waals surface area contributed by atoms with E-state index in [0.29, 0.717) is 38.3 Å². The van der Waals surface area contributed by atoms with Gasteiger partial charge in [0, 0.05) is 38.3 Å². The Morgan fingerprint density at radius 3 is 2.85 bits per heavy atom. The number of nitrogens with one attached hydrogen (secondary N) is 1. The highest BCUT2D eigenvalue weighted by atomic mass is 19.1. The molecule has 1 aromatic rings. The lowest BCUT2D eigenvalue weighted by Gasteiger charge is -2.35. The number of hydrogen-bond acceptors (Lipinski definition) is 4. The van der Waals surface area contributed by atoms with E-state index in [-0.39, 0.29) is 12.5 Å². The Morgan fingerprint density at radius 2 is 2.20 bits per heavy atom. The van der Waals surface area contributed by atoms with Crippen LogP contribution in [-0.4, -0.2) is 37.9 Å². The van der Waals surface area contributed by atoms with Crippen molar-refractivity contribution in [3.63, 3.8) is 0 Å². The molecule has 0 bridgehead atoms. The van der Waals surface area contributed by atoms with Crippen molar-refractivity contribution < 1.29 is 18.7 Å². The highest BCUT2D eigenvalue weighted by Crippen LogP contribution is 2.23. The molecule has 0 unspecified atom stereocenters. The Morgan fingerprint density at radius 1 is 1.45 bits per heavy atom. The zero-order chi connectivity index (χ0) is 14.4. The molecule has 110 valence electrons. The molecule has 5 nitrogen and oxygen atoms in total. The lowest BCUT2D eigenvalue weighted by Crippen LogP contribution is -2.46. The molecule has 1 amide bonds. The molecule has 20 heavy (non-hydrogen) atoms. The number of benzene rings is 1. The zero-order valence-corrected chi connectivity index (χ0v) is 11.2. The van der Waals surface area contributed by atoms with E-state index in [9.17, 15) is 9.18 Å². The molecule has 1 aliphatic rings. The first-order valence-corrected chi connectivity index (χ1v) is 6.61. The summed E-state index contributed by atoms with van der Waals surface area (Å²) in [5.41, 5.74) is 5.66. The van der Waals surface area contributed by atoms with Crippen molar-refractivity contribution in [3.05, 3.63) is 30.1 Å². The van der Waals surface area contributed by atoms with Crippen LogP contribution in [0, 0.1) is 5.82 Å². The summed E-state index contributed by atoms with van der Waals surface area (Å²) < 4.78 is 23.9. The van der Waals surface area contributed by atoms with Gasteiger partial charge >= 0.3 is 0 Å². The van der Waals surface area contributed by atoms with E-state index in [0.717, 1.165) is 0 Å². The lowest BCUT2D eigenvalue weighted by atomic mass is 9.94. The van der Waals surface area contributed by atoms with E-state index in [1.54, 1.807) is 6.07 Å². The van der Waals surface area contributed by atoms with Crippen molar-refractivity contribution in [1.82, 2.24) is 0 Å². The topological polar surface area (TPSA) is 73.6 Å². The van der Waals surface area contributed by atoms with Gasteiger partial charge in [0.1, 0.15) is 12.4 Å². The molecule has 0 aliphatic carbocycles. The highest BCUT2D eigenvalue weighted by molar-refractivity contribution is 5.91. The van der Waals surface area contributed by atoms with Crippen molar-refractivity contribution >= 4 is 11.6 Å². The number of hydrogen-bond donors (Lipinski definition) is 2. The van der Waals surface area contributed by atoms with Crippen molar-refractivity contribution in [2.45, 2.75) is 18.4 Å². The number of amides is 1. The van der Waals surface area contributed by atoms with Crippen LogP contribution in [0.15, 0.2) is 24.3 Å². The first-order valence-electron chi connectivity index (χ1n) is 6.61. The van der Waals surface area contributed by atoms with Crippen molar-refractivity contribution in [2.75, 3.05) is 31.7 Å². The maximum atomic E-state index is 13.0. The fraction of sp³-hybridized carbons (Fsp3) is 0.500. The van der Waals surface area contributed by atoms with Gasteiger partial charge in [0.05, 0.1) is 5.60 Å². The Labute approximate surface area is 117 Å². The average molecular weight is 282 g/mol. The van der Waals surface area contributed by atoms with E-state index < -0.39 is 11.4 Å². The van der Waals surface area contributed by atoms with Gasteiger partial charge in [0.25, 0.3) is 0 Å². The maximum Gasteiger partial charge on any atom is 0.250 e. The Kier molecular flexibility index (Phi) is 5.05. The fourth-order valence-electron chi connectivity index (χ4n) is 2.13. The van der Waals surface area contributed by atoms with Gasteiger partial charge < -0.3 is 20.5 Å². The van der Waals surface area contributed by atoms with Crippen LogP contribution in [0.4, 0.5) is 10.1 Å². The standard InChI is InChI=1S/C14H19FN2O3/c15-11-2-1-3-12(8-11)17-13(18)9-20-14(10-16)4-6-19-7-5-14/h1-3,8H,4-7,9-10,16H2,(H,17,18). The summed E-state index contributed by atoms with van der Waals surface area (Å²) in [6.45, 7) is 1.42.